The number of nitrogens with one attached hydrogen (secondary N) is 1. The number of halogens is 1. The van der Waals surface area contributed by atoms with Crippen molar-refractivity contribution in [3.63, 3.8) is 0 Å². The van der Waals surface area contributed by atoms with Gasteiger partial charge < -0.3 is 5.32 Å². The number of fused-ring (bicyclic) bond motifs is 1. The van der Waals surface area contributed by atoms with Crippen molar-refractivity contribution in [2.45, 2.75) is 38.1 Å². The van der Waals surface area contributed by atoms with Gasteiger partial charge in [-0.25, -0.2) is 8.42 Å². The van der Waals surface area contributed by atoms with Crippen molar-refractivity contribution < 1.29 is 13.2 Å². The van der Waals surface area contributed by atoms with E-state index in [-0.39, 0.29) is 16.8 Å². The Hall–Kier alpha value is -2.83. The van der Waals surface area contributed by atoms with Gasteiger partial charge in [0, 0.05) is 22.3 Å². The van der Waals surface area contributed by atoms with E-state index in [1.54, 1.807) is 54.6 Å². The first-order valence-corrected chi connectivity index (χ1v) is 11.8. The monoisotopic (exact) mass is 454 g/mol. The van der Waals surface area contributed by atoms with E-state index in [1.807, 2.05) is 26.8 Å². The number of nitrogens with zero attached hydrogens (tertiary/aromatic N) is 1. The number of carbonyl (C=O) groups excluding carboxylic acids is 1. The highest BCUT2D eigenvalue weighted by molar-refractivity contribution is 7.92. The van der Waals surface area contributed by atoms with E-state index in [0.29, 0.717) is 28.4 Å². The number of carbonyl (C=O) groups is 1. The summed E-state index contributed by atoms with van der Waals surface area (Å²) < 4.78 is 28.0. The maximum atomic E-state index is 13.3. The van der Waals surface area contributed by atoms with Gasteiger partial charge in [-0.3, -0.25) is 9.10 Å². The van der Waals surface area contributed by atoms with Gasteiger partial charge in [0.2, 0.25) is 0 Å². The smallest absolute Gasteiger partial charge is 0.264 e. The fourth-order valence-electron chi connectivity index (χ4n) is 3.81. The molecule has 0 unspecified atom stereocenters. The Morgan fingerprint density at radius 3 is 2.42 bits per heavy atom. The van der Waals surface area contributed by atoms with Crippen LogP contribution in [0.3, 0.4) is 0 Å². The molecule has 0 radical (unpaired) electrons. The molecule has 0 aliphatic carbocycles. The Kier molecular flexibility index (Phi) is 5.54. The highest BCUT2D eigenvalue weighted by atomic mass is 35.5. The van der Waals surface area contributed by atoms with E-state index < -0.39 is 10.0 Å². The molecule has 0 aromatic heterocycles. The first-order chi connectivity index (χ1) is 14.7. The lowest BCUT2D eigenvalue weighted by Crippen LogP contribution is -2.35. The van der Waals surface area contributed by atoms with Crippen molar-refractivity contribution in [2.24, 2.45) is 0 Å². The molecule has 3 aromatic rings. The third-order valence-electron chi connectivity index (χ3n) is 5.50. The highest BCUT2D eigenvalue weighted by Gasteiger charge is 2.36. The highest BCUT2D eigenvalue weighted by Crippen LogP contribution is 2.37. The van der Waals surface area contributed by atoms with E-state index in [4.69, 9.17) is 11.6 Å². The summed E-state index contributed by atoms with van der Waals surface area (Å²) in [6, 6.07) is 17.1. The van der Waals surface area contributed by atoms with E-state index in [9.17, 15) is 13.2 Å². The molecule has 31 heavy (non-hydrogen) atoms. The Morgan fingerprint density at radius 1 is 1.03 bits per heavy atom. The second-order valence-corrected chi connectivity index (χ2v) is 10.2. The maximum Gasteiger partial charge on any atom is 0.264 e. The van der Waals surface area contributed by atoms with Crippen molar-refractivity contribution in [1.82, 2.24) is 0 Å². The second-order valence-electron chi connectivity index (χ2n) is 7.93. The molecule has 160 valence electrons. The van der Waals surface area contributed by atoms with Crippen LogP contribution in [-0.4, -0.2) is 20.4 Å². The third kappa shape index (κ3) is 4.05. The first kappa shape index (κ1) is 21.4. The standard InChI is InChI=1S/C24H23ClN2O3S/c1-15-4-9-21(10-5-15)31(29,30)27-17(3)12-19-13-18(7-11-23(19)27)24(28)26-20-8-6-16(2)22(25)14-20/h4-11,13-14,17H,12H2,1-3H3,(H,26,28)/t17-/m1/s1. The van der Waals surface area contributed by atoms with Crippen LogP contribution in [0.25, 0.3) is 0 Å². The van der Waals surface area contributed by atoms with Gasteiger partial charge >= 0.3 is 0 Å². The molecule has 0 saturated heterocycles. The minimum absolute atomic E-state index is 0.240. The number of hydrogen-bond acceptors (Lipinski definition) is 3. The van der Waals surface area contributed by atoms with Crippen LogP contribution in [0.2, 0.25) is 5.02 Å². The molecule has 0 saturated carbocycles. The van der Waals surface area contributed by atoms with Crippen molar-refractivity contribution in [3.05, 3.63) is 87.9 Å². The molecule has 7 heteroatoms. The number of hydrogen-bond donors (Lipinski definition) is 1. The van der Waals surface area contributed by atoms with Gasteiger partial charge in [0.05, 0.1) is 10.6 Å². The lowest BCUT2D eigenvalue weighted by atomic mass is 10.1. The van der Waals surface area contributed by atoms with Crippen molar-refractivity contribution in [2.75, 3.05) is 9.62 Å². The van der Waals surface area contributed by atoms with Gasteiger partial charge in [-0.05, 0) is 80.8 Å². The molecule has 3 aromatic carbocycles. The topological polar surface area (TPSA) is 66.5 Å². The Bertz CT molecular complexity index is 1270. The van der Waals surface area contributed by atoms with E-state index in [2.05, 4.69) is 5.32 Å². The number of anilines is 2. The van der Waals surface area contributed by atoms with Crippen molar-refractivity contribution in [3.8, 4) is 0 Å². The lowest BCUT2D eigenvalue weighted by molar-refractivity contribution is 0.102. The SMILES string of the molecule is Cc1ccc(S(=O)(=O)N2c3ccc(C(=O)Nc4ccc(C)c(Cl)c4)cc3C[C@H]2C)cc1. The molecule has 1 aliphatic rings. The Labute approximate surface area is 187 Å². The summed E-state index contributed by atoms with van der Waals surface area (Å²) in [6.45, 7) is 5.69. The molecule has 0 bridgehead atoms. The molecule has 4 rings (SSSR count). The van der Waals surface area contributed by atoms with Crippen molar-refractivity contribution >= 4 is 38.9 Å². The van der Waals surface area contributed by atoms with Crippen LogP contribution in [0.1, 0.15) is 34.0 Å². The molecule has 1 heterocycles. The molecule has 1 atom stereocenters. The average Bonchev–Trinajstić information content (AvgIpc) is 3.06. The van der Waals surface area contributed by atoms with Crippen LogP contribution in [0.5, 0.6) is 0 Å². The van der Waals surface area contributed by atoms with Crippen LogP contribution >= 0.6 is 11.6 Å². The van der Waals surface area contributed by atoms with Crippen LogP contribution in [0, 0.1) is 13.8 Å². The quantitative estimate of drug-likeness (QED) is 0.577. The summed E-state index contributed by atoms with van der Waals surface area (Å²) in [5, 5.41) is 3.43. The van der Waals surface area contributed by atoms with E-state index in [1.165, 1.54) is 4.31 Å². The van der Waals surface area contributed by atoms with Crippen LogP contribution in [0.15, 0.2) is 65.6 Å². The van der Waals surface area contributed by atoms with E-state index >= 15 is 0 Å². The van der Waals surface area contributed by atoms with Gasteiger partial charge in [0.25, 0.3) is 15.9 Å². The Morgan fingerprint density at radius 2 is 1.74 bits per heavy atom. The minimum Gasteiger partial charge on any atom is -0.322 e. The van der Waals surface area contributed by atoms with Gasteiger partial charge in [0.1, 0.15) is 0 Å². The predicted octanol–water partition coefficient (Wildman–Crippen LogP) is 5.35. The summed E-state index contributed by atoms with van der Waals surface area (Å²) in [4.78, 5) is 13.0. The predicted molar refractivity (Wildman–Crippen MR) is 125 cm³/mol. The van der Waals surface area contributed by atoms with Gasteiger partial charge in [-0.1, -0.05) is 35.4 Å². The summed E-state index contributed by atoms with van der Waals surface area (Å²) in [6.07, 6.45) is 0.540. The van der Waals surface area contributed by atoms with Crippen molar-refractivity contribution in [1.29, 1.82) is 0 Å². The Balaban J connectivity index is 1.62. The summed E-state index contributed by atoms with van der Waals surface area (Å²) >= 11 is 6.14. The first-order valence-electron chi connectivity index (χ1n) is 9.98. The average molecular weight is 455 g/mol. The number of sulfonamides is 1. The zero-order valence-electron chi connectivity index (χ0n) is 17.5. The largest absolute Gasteiger partial charge is 0.322 e. The molecule has 1 amide bonds. The third-order valence-corrected chi connectivity index (χ3v) is 7.85. The number of benzene rings is 3. The molecule has 5 nitrogen and oxygen atoms in total. The number of aryl methyl sites for hydroxylation is 2. The maximum absolute atomic E-state index is 13.3. The zero-order chi connectivity index (χ0) is 22.3. The fourth-order valence-corrected chi connectivity index (χ4v) is 5.68. The van der Waals surface area contributed by atoms with E-state index in [0.717, 1.165) is 16.7 Å². The summed E-state index contributed by atoms with van der Waals surface area (Å²) in [5.41, 5.74) is 4.46. The van der Waals surface area contributed by atoms with Crippen LogP contribution in [0.4, 0.5) is 11.4 Å². The minimum atomic E-state index is -3.69. The molecular weight excluding hydrogens is 432 g/mol. The zero-order valence-corrected chi connectivity index (χ0v) is 19.1. The summed E-state index contributed by atoms with van der Waals surface area (Å²) in [5.74, 6) is -0.268. The molecule has 1 aliphatic heterocycles. The molecule has 0 fully saturated rings. The number of amides is 1. The van der Waals surface area contributed by atoms with Gasteiger partial charge in [-0.2, -0.15) is 0 Å². The molecule has 1 N–H and O–H groups in total. The van der Waals surface area contributed by atoms with Crippen LogP contribution < -0.4 is 9.62 Å². The number of rotatable bonds is 4. The second kappa shape index (κ2) is 8.02. The fraction of sp³-hybridized carbons (Fsp3) is 0.208. The van der Waals surface area contributed by atoms with Gasteiger partial charge in [0.15, 0.2) is 0 Å². The summed E-state index contributed by atoms with van der Waals surface area (Å²) in [7, 11) is -3.69. The van der Waals surface area contributed by atoms with Crippen LogP contribution in [-0.2, 0) is 16.4 Å². The molecular formula is C24H23ClN2O3S. The molecule has 0 spiro atoms. The lowest BCUT2D eigenvalue weighted by Gasteiger charge is -2.24. The normalized spacial score (nSPS) is 15.6. The van der Waals surface area contributed by atoms with Gasteiger partial charge in [-0.15, -0.1) is 0 Å².